The van der Waals surface area contributed by atoms with E-state index in [4.69, 9.17) is 0 Å². The van der Waals surface area contributed by atoms with Crippen molar-refractivity contribution in [2.24, 2.45) is 0 Å². The zero-order chi connectivity index (χ0) is 15.4. The Hall–Kier alpha value is -1.50. The molecule has 0 aliphatic carbocycles. The quantitative estimate of drug-likeness (QED) is 0.530. The number of hydrogen-bond donors (Lipinski definition) is 4. The van der Waals surface area contributed by atoms with Crippen molar-refractivity contribution in [2.75, 3.05) is 0 Å². The molecule has 12 heteroatoms. The highest BCUT2D eigenvalue weighted by Crippen LogP contribution is 2.58. The molecule has 0 spiro atoms. The van der Waals surface area contributed by atoms with Crippen LogP contribution in [0, 0.1) is 0 Å². The minimum absolute atomic E-state index is 0.330. The maximum atomic E-state index is 11.7. The Morgan fingerprint density at radius 3 is 0.909 bits per heavy atom. The van der Waals surface area contributed by atoms with Gasteiger partial charge in [0.2, 0.25) is 0 Å². The Morgan fingerprint density at radius 1 is 0.455 bits per heavy atom. The van der Waals surface area contributed by atoms with Crippen LogP contribution in [0.4, 0.5) is 0 Å². The molecule has 0 saturated carbocycles. The highest BCUT2D eigenvalue weighted by Gasteiger charge is 2.32. The lowest BCUT2D eigenvalue weighted by molar-refractivity contribution is 0.861. The van der Waals surface area contributed by atoms with Gasteiger partial charge in [-0.05, 0) is 0 Å². The average Bonchev–Trinajstić information content (AvgIpc) is 3.12. The summed E-state index contributed by atoms with van der Waals surface area (Å²) >= 11 is 4.68. The maximum Gasteiger partial charge on any atom is 0.277 e. The van der Waals surface area contributed by atoms with Crippen LogP contribution in [0.25, 0.3) is 0 Å². The number of thioether (sulfide) groups is 4. The molecule has 4 rings (SSSR count). The van der Waals surface area contributed by atoms with E-state index in [0.29, 0.717) is 28.1 Å². The van der Waals surface area contributed by atoms with E-state index in [2.05, 4.69) is 20.4 Å². The van der Waals surface area contributed by atoms with Gasteiger partial charge in [-0.3, -0.25) is 39.6 Å². The minimum atomic E-state index is -0.371. The Labute approximate surface area is 136 Å². The van der Waals surface area contributed by atoms with Crippen LogP contribution in [0.3, 0.4) is 0 Å². The van der Waals surface area contributed by atoms with Gasteiger partial charge < -0.3 is 0 Å². The smallest absolute Gasteiger partial charge is 0.267 e. The Bertz CT molecular complexity index is 908. The van der Waals surface area contributed by atoms with Crippen molar-refractivity contribution in [3.05, 3.63) is 49.9 Å². The van der Waals surface area contributed by atoms with E-state index in [9.17, 15) is 19.2 Å². The lowest BCUT2D eigenvalue weighted by Gasteiger charge is -1.97. The summed E-state index contributed by atoms with van der Waals surface area (Å²) < 4.78 is 1.42. The molecule has 0 saturated heterocycles. The van der Waals surface area contributed by atoms with Crippen molar-refractivity contribution in [1.82, 2.24) is 20.4 Å². The molecule has 0 atom stereocenters. The molecule has 22 heavy (non-hydrogen) atoms. The van der Waals surface area contributed by atoms with Crippen molar-refractivity contribution in [3.8, 4) is 0 Å². The Balaban J connectivity index is 1.82. The van der Waals surface area contributed by atoms with Gasteiger partial charge in [-0.2, -0.15) is 0 Å². The van der Waals surface area contributed by atoms with Crippen LogP contribution in [0.2, 0.25) is 0 Å². The summed E-state index contributed by atoms with van der Waals surface area (Å²) in [5.74, 6) is 0. The molecule has 0 fully saturated rings. The predicted molar refractivity (Wildman–Crippen MR) is 85.8 cm³/mol. The maximum absolute atomic E-state index is 11.7. The largest absolute Gasteiger partial charge is 0.277 e. The van der Waals surface area contributed by atoms with Crippen LogP contribution >= 0.6 is 47.0 Å². The molecule has 2 aromatic heterocycles. The van der Waals surface area contributed by atoms with Gasteiger partial charge in [0.25, 0.3) is 22.2 Å². The molecule has 8 nitrogen and oxygen atoms in total. The molecular formula is C10H4N4O4S4. The Kier molecular flexibility index (Phi) is 3.21. The monoisotopic (exact) mass is 372 g/mol. The molecule has 0 amide bonds. The third kappa shape index (κ3) is 2.06. The van der Waals surface area contributed by atoms with Crippen LogP contribution in [0.1, 0.15) is 0 Å². The highest BCUT2D eigenvalue weighted by molar-refractivity contribution is 8.30. The van der Waals surface area contributed by atoms with Gasteiger partial charge in [0.15, 0.2) is 0 Å². The third-order valence-corrected chi connectivity index (χ3v) is 8.47. The molecule has 2 aliphatic rings. The number of fused-ring (bicyclic) bond motifs is 2. The van der Waals surface area contributed by atoms with Crippen LogP contribution in [0.5, 0.6) is 0 Å². The summed E-state index contributed by atoms with van der Waals surface area (Å²) in [5, 5.41) is 9.09. The van der Waals surface area contributed by atoms with Crippen molar-refractivity contribution in [2.45, 2.75) is 19.6 Å². The standard InChI is InChI=1S/C10H4N4O4S4/c15-5-1-2(6(16)12-11-5)20-9(19-1)10-21-3-4(22-10)8(18)14-13-7(3)17/h(H,11,15)(H,12,16)(H,13,17)(H,14,18). The highest BCUT2D eigenvalue weighted by atomic mass is 32.2. The summed E-state index contributed by atoms with van der Waals surface area (Å²) in [7, 11) is 0. The summed E-state index contributed by atoms with van der Waals surface area (Å²) in [6, 6.07) is 0. The van der Waals surface area contributed by atoms with Crippen molar-refractivity contribution >= 4 is 47.0 Å². The van der Waals surface area contributed by atoms with E-state index in [-0.39, 0.29) is 22.2 Å². The molecule has 2 aromatic rings. The molecule has 4 heterocycles. The van der Waals surface area contributed by atoms with E-state index >= 15 is 0 Å². The third-order valence-electron chi connectivity index (χ3n) is 2.76. The van der Waals surface area contributed by atoms with Gasteiger partial charge in [-0.25, -0.2) is 0 Å². The fourth-order valence-electron chi connectivity index (χ4n) is 1.82. The lowest BCUT2D eigenvalue weighted by atomic mass is 10.6. The first-order valence-corrected chi connectivity index (χ1v) is 8.97. The number of H-pyrrole nitrogens is 4. The first kappa shape index (κ1) is 14.1. The molecular weight excluding hydrogens is 368 g/mol. The van der Waals surface area contributed by atoms with E-state index < -0.39 is 0 Å². The zero-order valence-electron chi connectivity index (χ0n) is 10.3. The number of aromatic amines is 4. The van der Waals surface area contributed by atoms with E-state index in [1.165, 1.54) is 47.0 Å². The molecule has 0 bridgehead atoms. The summed E-state index contributed by atoms with van der Waals surface area (Å²) in [6.07, 6.45) is 0. The number of aromatic nitrogens is 4. The second-order valence-electron chi connectivity index (χ2n) is 4.12. The first-order valence-electron chi connectivity index (χ1n) is 5.70. The van der Waals surface area contributed by atoms with Gasteiger partial charge in [0, 0.05) is 0 Å². The normalized spacial score (nSPS) is 16.0. The molecule has 2 aliphatic heterocycles. The zero-order valence-corrected chi connectivity index (χ0v) is 13.5. The first-order chi connectivity index (χ1) is 10.5. The molecule has 4 N–H and O–H groups in total. The average molecular weight is 372 g/mol. The number of nitrogens with one attached hydrogen (secondary N) is 4. The van der Waals surface area contributed by atoms with E-state index in [1.807, 2.05) is 0 Å². The molecule has 112 valence electrons. The number of hydrogen-bond acceptors (Lipinski definition) is 8. The summed E-state index contributed by atoms with van der Waals surface area (Å²) in [5.41, 5.74) is -1.49. The van der Waals surface area contributed by atoms with E-state index in [1.54, 1.807) is 0 Å². The fourth-order valence-corrected chi connectivity index (χ4v) is 7.04. The van der Waals surface area contributed by atoms with Crippen molar-refractivity contribution < 1.29 is 0 Å². The minimum Gasteiger partial charge on any atom is -0.267 e. The predicted octanol–water partition coefficient (Wildman–Crippen LogP) is 0.662. The lowest BCUT2D eigenvalue weighted by Crippen LogP contribution is -2.20. The molecule has 0 unspecified atom stereocenters. The second kappa shape index (κ2) is 5.01. The van der Waals surface area contributed by atoms with Gasteiger partial charge in [0.05, 0.1) is 28.1 Å². The van der Waals surface area contributed by atoms with Crippen LogP contribution in [-0.4, -0.2) is 20.4 Å². The second-order valence-corrected chi connectivity index (χ2v) is 8.72. The van der Waals surface area contributed by atoms with Crippen LogP contribution in [-0.2, 0) is 0 Å². The van der Waals surface area contributed by atoms with Gasteiger partial charge in [-0.1, -0.05) is 47.0 Å². The van der Waals surface area contributed by atoms with Gasteiger partial charge in [-0.15, -0.1) is 0 Å². The van der Waals surface area contributed by atoms with E-state index in [0.717, 1.165) is 0 Å². The molecule has 0 radical (unpaired) electrons. The fraction of sp³-hybridized carbons (Fsp3) is 0. The van der Waals surface area contributed by atoms with Crippen LogP contribution in [0.15, 0.2) is 47.2 Å². The topological polar surface area (TPSA) is 131 Å². The summed E-state index contributed by atoms with van der Waals surface area (Å²) in [4.78, 5) is 48.3. The van der Waals surface area contributed by atoms with Crippen molar-refractivity contribution in [3.63, 3.8) is 0 Å². The number of rotatable bonds is 0. The van der Waals surface area contributed by atoms with Crippen LogP contribution < -0.4 is 22.2 Å². The van der Waals surface area contributed by atoms with Gasteiger partial charge >= 0.3 is 0 Å². The molecule has 0 aromatic carbocycles. The summed E-state index contributed by atoms with van der Waals surface area (Å²) in [6.45, 7) is 0. The van der Waals surface area contributed by atoms with Crippen molar-refractivity contribution in [1.29, 1.82) is 0 Å². The Morgan fingerprint density at radius 2 is 0.682 bits per heavy atom. The van der Waals surface area contributed by atoms with Gasteiger partial charge in [0.1, 0.15) is 0 Å². The SMILES string of the molecule is O=c1[nH][nH]c(=O)c2c1SC(=C1Sc3c(c(=O)[nH][nH]c3=O)S1)S2.